The van der Waals surface area contributed by atoms with Gasteiger partial charge in [0.05, 0.1) is 6.20 Å². The van der Waals surface area contributed by atoms with Crippen LogP contribution in [0.15, 0.2) is 49.3 Å². The van der Waals surface area contributed by atoms with Crippen molar-refractivity contribution in [3.05, 3.63) is 60.6 Å². The molecule has 1 amide bonds. The van der Waals surface area contributed by atoms with Gasteiger partial charge in [-0.25, -0.2) is 14.6 Å². The minimum absolute atomic E-state index is 0.112. The summed E-state index contributed by atoms with van der Waals surface area (Å²) in [6.45, 7) is 1.84. The summed E-state index contributed by atoms with van der Waals surface area (Å²) < 4.78 is 40.7. The Kier molecular flexibility index (Phi) is 4.57. The number of carbonyl (C=O) groups excluding carboxylic acids is 1. The third kappa shape index (κ3) is 3.97. The van der Waals surface area contributed by atoms with E-state index in [0.717, 1.165) is 22.7 Å². The van der Waals surface area contributed by atoms with Crippen molar-refractivity contribution in [2.45, 2.75) is 13.1 Å². The van der Waals surface area contributed by atoms with Gasteiger partial charge in [-0.2, -0.15) is 18.3 Å². The van der Waals surface area contributed by atoms with E-state index in [0.29, 0.717) is 0 Å². The SMILES string of the molecule is Cc1ccc(NC(=O)C(=Cn2cccn2)n2cnc(C(F)(F)F)c2)nc1. The maximum absolute atomic E-state index is 12.8. The molecule has 26 heavy (non-hydrogen) atoms. The molecule has 1 N–H and O–H groups in total. The van der Waals surface area contributed by atoms with Gasteiger partial charge in [-0.1, -0.05) is 6.07 Å². The zero-order chi connectivity index (χ0) is 18.7. The molecule has 0 atom stereocenters. The van der Waals surface area contributed by atoms with E-state index in [-0.39, 0.29) is 11.5 Å². The van der Waals surface area contributed by atoms with E-state index in [2.05, 4.69) is 20.4 Å². The number of carbonyl (C=O) groups is 1. The zero-order valence-corrected chi connectivity index (χ0v) is 13.5. The van der Waals surface area contributed by atoms with Crippen LogP contribution in [0.25, 0.3) is 11.9 Å². The largest absolute Gasteiger partial charge is 0.434 e. The van der Waals surface area contributed by atoms with Crippen molar-refractivity contribution in [3.63, 3.8) is 0 Å². The number of aryl methyl sites for hydroxylation is 1. The quantitative estimate of drug-likeness (QED) is 0.724. The number of alkyl halides is 3. The normalized spacial score (nSPS) is 12.2. The smallest absolute Gasteiger partial charge is 0.305 e. The number of anilines is 1. The molecule has 0 bridgehead atoms. The average Bonchev–Trinajstić information content (AvgIpc) is 3.25. The van der Waals surface area contributed by atoms with E-state index in [4.69, 9.17) is 0 Å². The molecule has 0 aromatic carbocycles. The summed E-state index contributed by atoms with van der Waals surface area (Å²) in [5.74, 6) is -0.397. The Bertz CT molecular complexity index is 926. The Balaban J connectivity index is 1.94. The first-order valence-corrected chi connectivity index (χ1v) is 7.39. The lowest BCUT2D eigenvalue weighted by Gasteiger charge is -2.10. The Morgan fingerprint density at radius 1 is 1.27 bits per heavy atom. The summed E-state index contributed by atoms with van der Waals surface area (Å²) in [5.41, 5.74) is -0.316. The predicted octanol–water partition coefficient (Wildman–Crippen LogP) is 2.90. The number of pyridine rings is 1. The first-order chi connectivity index (χ1) is 12.3. The molecule has 3 heterocycles. The number of imidazole rings is 1. The number of rotatable bonds is 4. The lowest BCUT2D eigenvalue weighted by atomic mass is 10.3. The average molecular weight is 362 g/mol. The molecule has 3 aromatic rings. The highest BCUT2D eigenvalue weighted by atomic mass is 19.4. The minimum atomic E-state index is -4.61. The molecule has 0 saturated heterocycles. The second kappa shape index (κ2) is 6.82. The molecule has 3 aromatic heterocycles. The molecule has 0 saturated carbocycles. The van der Waals surface area contributed by atoms with Gasteiger partial charge in [-0.05, 0) is 24.6 Å². The molecule has 0 fully saturated rings. The third-order valence-electron chi connectivity index (χ3n) is 3.32. The van der Waals surface area contributed by atoms with E-state index in [9.17, 15) is 18.0 Å². The molecule has 3 rings (SSSR count). The van der Waals surface area contributed by atoms with Crippen molar-refractivity contribution < 1.29 is 18.0 Å². The van der Waals surface area contributed by atoms with Gasteiger partial charge in [0.2, 0.25) is 0 Å². The molecule has 7 nitrogen and oxygen atoms in total. The summed E-state index contributed by atoms with van der Waals surface area (Å²) in [4.78, 5) is 20.0. The Morgan fingerprint density at radius 2 is 2.08 bits per heavy atom. The summed E-state index contributed by atoms with van der Waals surface area (Å²) in [5, 5.41) is 6.47. The number of halogens is 3. The fraction of sp³-hybridized carbons (Fsp3) is 0.125. The van der Waals surface area contributed by atoms with Crippen molar-refractivity contribution in [3.8, 4) is 0 Å². The molecule has 0 radical (unpaired) electrons. The number of nitrogens with zero attached hydrogens (tertiary/aromatic N) is 5. The summed E-state index contributed by atoms with van der Waals surface area (Å²) >= 11 is 0. The van der Waals surface area contributed by atoms with Crippen LogP contribution < -0.4 is 5.32 Å². The summed E-state index contributed by atoms with van der Waals surface area (Å²) in [6, 6.07) is 4.95. The maximum Gasteiger partial charge on any atom is 0.434 e. The van der Waals surface area contributed by atoms with Crippen molar-refractivity contribution in [2.75, 3.05) is 5.32 Å². The molecule has 0 spiro atoms. The molecular weight excluding hydrogens is 349 g/mol. The van der Waals surface area contributed by atoms with E-state index < -0.39 is 17.8 Å². The second-order valence-electron chi connectivity index (χ2n) is 5.34. The lowest BCUT2D eigenvalue weighted by molar-refractivity contribution is -0.141. The molecule has 0 aliphatic heterocycles. The van der Waals surface area contributed by atoms with Gasteiger partial charge in [-0.15, -0.1) is 0 Å². The molecule has 10 heteroatoms. The topological polar surface area (TPSA) is 77.6 Å². The Hall–Kier alpha value is -3.43. The Labute approximate surface area is 145 Å². The highest BCUT2D eigenvalue weighted by molar-refractivity contribution is 6.22. The van der Waals surface area contributed by atoms with Crippen LogP contribution in [0.5, 0.6) is 0 Å². The van der Waals surface area contributed by atoms with Crippen LogP contribution >= 0.6 is 0 Å². The monoisotopic (exact) mass is 362 g/mol. The fourth-order valence-electron chi connectivity index (χ4n) is 2.05. The standard InChI is InChI=1S/C16H13F3N6O/c1-11-3-4-14(20-7-11)23-15(26)12(8-25-6-2-5-22-25)24-9-13(21-10-24)16(17,18)19/h2-10H,1H3,(H,20,23,26). The number of aromatic nitrogens is 5. The molecule has 0 aliphatic carbocycles. The third-order valence-corrected chi connectivity index (χ3v) is 3.32. The van der Waals surface area contributed by atoms with Gasteiger partial charge < -0.3 is 5.32 Å². The molecule has 0 unspecified atom stereocenters. The first kappa shape index (κ1) is 17.4. The number of nitrogens with one attached hydrogen (secondary N) is 1. The number of hydrogen-bond acceptors (Lipinski definition) is 4. The van der Waals surface area contributed by atoms with Gasteiger partial charge >= 0.3 is 6.18 Å². The van der Waals surface area contributed by atoms with Crippen LogP contribution in [0.1, 0.15) is 11.3 Å². The molecule has 0 aliphatic rings. The second-order valence-corrected chi connectivity index (χ2v) is 5.34. The predicted molar refractivity (Wildman–Crippen MR) is 87.5 cm³/mol. The van der Waals surface area contributed by atoms with Gasteiger partial charge in [-0.3, -0.25) is 9.36 Å². The summed E-state index contributed by atoms with van der Waals surface area (Å²) in [7, 11) is 0. The zero-order valence-electron chi connectivity index (χ0n) is 13.5. The van der Waals surface area contributed by atoms with Crippen molar-refractivity contribution >= 4 is 23.6 Å². The van der Waals surface area contributed by atoms with E-state index in [1.165, 1.54) is 17.1 Å². The number of amides is 1. The van der Waals surface area contributed by atoms with Crippen molar-refractivity contribution in [1.29, 1.82) is 0 Å². The van der Waals surface area contributed by atoms with Crippen LogP contribution in [0.4, 0.5) is 19.0 Å². The van der Waals surface area contributed by atoms with Gasteiger partial charge in [0, 0.05) is 24.8 Å². The molecular formula is C16H13F3N6O. The van der Waals surface area contributed by atoms with E-state index >= 15 is 0 Å². The van der Waals surface area contributed by atoms with E-state index in [1.807, 2.05) is 6.92 Å². The highest BCUT2D eigenvalue weighted by Gasteiger charge is 2.34. The van der Waals surface area contributed by atoms with Crippen LogP contribution in [0, 0.1) is 6.92 Å². The van der Waals surface area contributed by atoms with Crippen molar-refractivity contribution in [2.24, 2.45) is 0 Å². The minimum Gasteiger partial charge on any atom is -0.305 e. The van der Waals surface area contributed by atoms with Crippen LogP contribution in [0.3, 0.4) is 0 Å². The Morgan fingerprint density at radius 3 is 2.65 bits per heavy atom. The number of hydrogen-bond donors (Lipinski definition) is 1. The lowest BCUT2D eigenvalue weighted by Crippen LogP contribution is -2.18. The fourth-order valence-corrected chi connectivity index (χ4v) is 2.05. The van der Waals surface area contributed by atoms with Crippen LogP contribution in [-0.2, 0) is 11.0 Å². The van der Waals surface area contributed by atoms with Gasteiger partial charge in [0.25, 0.3) is 5.91 Å². The van der Waals surface area contributed by atoms with Crippen molar-refractivity contribution in [1.82, 2.24) is 24.3 Å². The molecule has 134 valence electrons. The highest BCUT2D eigenvalue weighted by Crippen LogP contribution is 2.28. The maximum atomic E-state index is 12.8. The van der Waals surface area contributed by atoms with Crippen LogP contribution in [-0.4, -0.2) is 30.2 Å². The first-order valence-electron chi connectivity index (χ1n) is 7.39. The summed E-state index contributed by atoms with van der Waals surface area (Å²) in [6.07, 6.45) is 2.90. The van der Waals surface area contributed by atoms with Gasteiger partial charge in [0.1, 0.15) is 17.8 Å². The van der Waals surface area contributed by atoms with E-state index in [1.54, 1.807) is 30.6 Å². The van der Waals surface area contributed by atoms with Gasteiger partial charge in [0.15, 0.2) is 5.69 Å². The van der Waals surface area contributed by atoms with Crippen LogP contribution in [0.2, 0.25) is 0 Å².